The van der Waals surface area contributed by atoms with Crippen LogP contribution in [0.5, 0.6) is 0 Å². The number of hydrogen-bond acceptors (Lipinski definition) is 2. The van der Waals surface area contributed by atoms with Crippen LogP contribution < -0.4 is 0 Å². The molecule has 65 valence electrons. The molecule has 1 atom stereocenters. The zero-order chi connectivity index (χ0) is 8.10. The fourth-order valence-corrected chi connectivity index (χ4v) is 1.07. The summed E-state index contributed by atoms with van der Waals surface area (Å²) in [5.74, 6) is 1.42. The van der Waals surface area contributed by atoms with Crippen molar-refractivity contribution in [2.75, 3.05) is 13.2 Å². The molecule has 0 aliphatic carbocycles. The fraction of sp³-hybridized carbons (Fsp3) is 0.889. The van der Waals surface area contributed by atoms with Gasteiger partial charge in [-0.15, -0.1) is 0 Å². The highest BCUT2D eigenvalue weighted by Gasteiger charge is 2.15. The Morgan fingerprint density at radius 3 is 2.91 bits per heavy atom. The maximum atomic E-state index is 5.47. The Morgan fingerprint density at radius 1 is 1.55 bits per heavy atom. The Labute approximate surface area is 68.9 Å². The van der Waals surface area contributed by atoms with E-state index in [1.165, 1.54) is 5.92 Å². The summed E-state index contributed by atoms with van der Waals surface area (Å²) in [5.41, 5.74) is 0. The van der Waals surface area contributed by atoms with Crippen molar-refractivity contribution < 1.29 is 9.47 Å². The van der Waals surface area contributed by atoms with Crippen molar-refractivity contribution in [1.29, 1.82) is 0 Å². The quantitative estimate of drug-likeness (QED) is 0.622. The van der Waals surface area contributed by atoms with E-state index in [2.05, 4.69) is 13.8 Å². The summed E-state index contributed by atoms with van der Waals surface area (Å²) in [6.45, 7) is 5.93. The first-order valence-corrected chi connectivity index (χ1v) is 4.31. The van der Waals surface area contributed by atoms with Gasteiger partial charge >= 0.3 is 0 Å². The van der Waals surface area contributed by atoms with E-state index >= 15 is 0 Å². The van der Waals surface area contributed by atoms with Gasteiger partial charge in [0.1, 0.15) is 0 Å². The number of rotatable bonds is 4. The summed E-state index contributed by atoms with van der Waals surface area (Å²) >= 11 is 0. The summed E-state index contributed by atoms with van der Waals surface area (Å²) in [5, 5.41) is 0. The second-order valence-corrected chi connectivity index (χ2v) is 3.27. The first-order valence-electron chi connectivity index (χ1n) is 4.31. The van der Waals surface area contributed by atoms with E-state index in [4.69, 9.17) is 9.47 Å². The second kappa shape index (κ2) is 4.73. The first-order chi connectivity index (χ1) is 5.29. The molecule has 1 aliphatic heterocycles. The molecule has 0 aromatic carbocycles. The lowest BCUT2D eigenvalue weighted by Gasteiger charge is -2.11. The molecule has 0 aromatic heterocycles. The minimum Gasteiger partial charge on any atom is -0.353 e. The molecule has 1 radical (unpaired) electrons. The molecule has 0 saturated carbocycles. The molecular formula is C9H17O2. The molecule has 2 nitrogen and oxygen atoms in total. The number of hydrogen-bond donors (Lipinski definition) is 0. The van der Waals surface area contributed by atoms with Gasteiger partial charge in [0.15, 0.2) is 6.29 Å². The second-order valence-electron chi connectivity index (χ2n) is 3.27. The first kappa shape index (κ1) is 9.01. The highest BCUT2D eigenvalue weighted by molar-refractivity contribution is 4.75. The lowest BCUT2D eigenvalue weighted by molar-refractivity contribution is -0.110. The van der Waals surface area contributed by atoms with Crippen LogP contribution in [-0.4, -0.2) is 19.5 Å². The molecular weight excluding hydrogens is 140 g/mol. The molecule has 2 heteroatoms. The van der Waals surface area contributed by atoms with Crippen LogP contribution in [0, 0.1) is 5.92 Å². The fourth-order valence-electron chi connectivity index (χ4n) is 1.07. The largest absolute Gasteiger partial charge is 0.353 e. The molecule has 0 spiro atoms. The summed E-state index contributed by atoms with van der Waals surface area (Å²) in [7, 11) is 0. The van der Waals surface area contributed by atoms with Gasteiger partial charge in [-0.3, -0.25) is 0 Å². The van der Waals surface area contributed by atoms with Gasteiger partial charge in [-0.25, -0.2) is 0 Å². The van der Waals surface area contributed by atoms with Gasteiger partial charge in [0.2, 0.25) is 0 Å². The van der Waals surface area contributed by atoms with Crippen LogP contribution in [0.15, 0.2) is 0 Å². The van der Waals surface area contributed by atoms with Crippen molar-refractivity contribution in [2.24, 2.45) is 0 Å². The maximum absolute atomic E-state index is 5.47. The minimum absolute atomic E-state index is 0.0920. The highest BCUT2D eigenvalue weighted by Crippen LogP contribution is 2.14. The molecule has 0 N–H and O–H groups in total. The summed E-state index contributed by atoms with van der Waals surface area (Å²) in [6, 6.07) is 0. The molecule has 1 aliphatic rings. The summed E-state index contributed by atoms with van der Waals surface area (Å²) in [4.78, 5) is 0. The van der Waals surface area contributed by atoms with Gasteiger partial charge in [-0.1, -0.05) is 13.8 Å². The molecule has 1 rings (SSSR count). The standard InChI is InChI=1S/C9H17O2/c1-8(2)5-7-11-9-4-3-6-10-9/h9H,3-7H2,1-2H3. The van der Waals surface area contributed by atoms with Crippen LogP contribution in [-0.2, 0) is 9.47 Å². The van der Waals surface area contributed by atoms with E-state index in [-0.39, 0.29) is 6.29 Å². The third-order valence-electron chi connectivity index (χ3n) is 1.79. The molecule has 0 bridgehead atoms. The summed E-state index contributed by atoms with van der Waals surface area (Å²) in [6.07, 6.45) is 3.37. The smallest absolute Gasteiger partial charge is 0.157 e. The lowest BCUT2D eigenvalue weighted by Crippen LogP contribution is -2.11. The van der Waals surface area contributed by atoms with Crippen LogP contribution in [0.3, 0.4) is 0 Å². The van der Waals surface area contributed by atoms with E-state index in [0.717, 1.165) is 32.5 Å². The van der Waals surface area contributed by atoms with E-state index in [0.29, 0.717) is 0 Å². The van der Waals surface area contributed by atoms with Crippen molar-refractivity contribution in [3.8, 4) is 0 Å². The van der Waals surface area contributed by atoms with Gasteiger partial charge in [0.05, 0.1) is 6.61 Å². The molecule has 11 heavy (non-hydrogen) atoms. The average Bonchev–Trinajstić information content (AvgIpc) is 2.39. The van der Waals surface area contributed by atoms with Crippen LogP contribution in [0.2, 0.25) is 0 Å². The molecule has 1 saturated heterocycles. The monoisotopic (exact) mass is 157 g/mol. The normalized spacial score (nSPS) is 24.8. The van der Waals surface area contributed by atoms with E-state index < -0.39 is 0 Å². The molecule has 1 unspecified atom stereocenters. The zero-order valence-electron chi connectivity index (χ0n) is 7.43. The van der Waals surface area contributed by atoms with Crippen molar-refractivity contribution in [1.82, 2.24) is 0 Å². The van der Waals surface area contributed by atoms with Crippen LogP contribution >= 0.6 is 0 Å². The predicted octanol–water partition coefficient (Wildman–Crippen LogP) is 2.14. The van der Waals surface area contributed by atoms with Gasteiger partial charge in [-0.2, -0.15) is 0 Å². The zero-order valence-corrected chi connectivity index (χ0v) is 7.43. The van der Waals surface area contributed by atoms with E-state index in [9.17, 15) is 0 Å². The molecule has 1 heterocycles. The van der Waals surface area contributed by atoms with Gasteiger partial charge < -0.3 is 9.47 Å². The Bertz CT molecular complexity index is 95.7. The van der Waals surface area contributed by atoms with Crippen LogP contribution in [0.4, 0.5) is 0 Å². The van der Waals surface area contributed by atoms with E-state index in [1.807, 2.05) is 0 Å². The van der Waals surface area contributed by atoms with Gasteiger partial charge in [-0.05, 0) is 18.8 Å². The van der Waals surface area contributed by atoms with Gasteiger partial charge in [0.25, 0.3) is 0 Å². The lowest BCUT2D eigenvalue weighted by atomic mass is 10.1. The summed E-state index contributed by atoms with van der Waals surface area (Å²) < 4.78 is 10.8. The van der Waals surface area contributed by atoms with Crippen molar-refractivity contribution >= 4 is 0 Å². The topological polar surface area (TPSA) is 18.5 Å². The van der Waals surface area contributed by atoms with Gasteiger partial charge in [0, 0.05) is 13.0 Å². The van der Waals surface area contributed by atoms with Crippen LogP contribution in [0.1, 0.15) is 33.1 Å². The van der Waals surface area contributed by atoms with Crippen molar-refractivity contribution in [2.45, 2.75) is 39.4 Å². The van der Waals surface area contributed by atoms with Crippen LogP contribution in [0.25, 0.3) is 0 Å². The Balaban J connectivity index is 1.94. The van der Waals surface area contributed by atoms with Crippen molar-refractivity contribution in [3.63, 3.8) is 0 Å². The maximum Gasteiger partial charge on any atom is 0.157 e. The molecule has 1 fully saturated rings. The average molecular weight is 157 g/mol. The van der Waals surface area contributed by atoms with E-state index in [1.54, 1.807) is 0 Å². The predicted molar refractivity (Wildman–Crippen MR) is 44.1 cm³/mol. The third-order valence-corrected chi connectivity index (χ3v) is 1.79. The Hall–Kier alpha value is -0.0800. The minimum atomic E-state index is 0.0920. The Morgan fingerprint density at radius 2 is 2.36 bits per heavy atom. The molecule has 0 aromatic rings. The number of ether oxygens (including phenoxy) is 2. The third kappa shape index (κ3) is 3.73. The Kier molecular flexibility index (Phi) is 3.87. The highest BCUT2D eigenvalue weighted by atomic mass is 16.7. The SMILES string of the molecule is C[C](C)CCOC1CCCO1. The van der Waals surface area contributed by atoms with Crippen molar-refractivity contribution in [3.05, 3.63) is 5.92 Å². The molecule has 0 amide bonds.